The maximum absolute atomic E-state index is 13.2. The second kappa shape index (κ2) is 4.11. The van der Waals surface area contributed by atoms with Crippen molar-refractivity contribution in [3.63, 3.8) is 0 Å². The first-order chi connectivity index (χ1) is 7.49. The molecule has 3 atom stereocenters. The van der Waals surface area contributed by atoms with E-state index in [1.807, 2.05) is 12.1 Å². The smallest absolute Gasteiger partial charge is 0.137 e. The fraction of sp³-hybridized carbons (Fsp3) is 0.538. The van der Waals surface area contributed by atoms with Gasteiger partial charge in [-0.3, -0.25) is 0 Å². The summed E-state index contributed by atoms with van der Waals surface area (Å²) in [6.07, 6.45) is 2.07. The van der Waals surface area contributed by atoms with Gasteiger partial charge in [0.15, 0.2) is 0 Å². The van der Waals surface area contributed by atoms with Crippen LogP contribution in [0.3, 0.4) is 0 Å². The highest BCUT2D eigenvalue weighted by molar-refractivity contribution is 9.10. The fourth-order valence-corrected chi connectivity index (χ4v) is 3.04. The highest BCUT2D eigenvalue weighted by Crippen LogP contribution is 2.54. The van der Waals surface area contributed by atoms with Crippen molar-refractivity contribution in [1.82, 2.24) is 0 Å². The van der Waals surface area contributed by atoms with E-state index >= 15 is 0 Å². The van der Waals surface area contributed by atoms with E-state index in [0.717, 1.165) is 12.8 Å². The average Bonchev–Trinajstić information content (AvgIpc) is 2.28. The van der Waals surface area contributed by atoms with Gasteiger partial charge in [-0.25, -0.2) is 4.39 Å². The molecule has 0 aromatic heterocycles. The van der Waals surface area contributed by atoms with E-state index in [1.165, 1.54) is 11.6 Å². The Morgan fingerprint density at radius 1 is 1.56 bits per heavy atom. The van der Waals surface area contributed by atoms with Crippen molar-refractivity contribution < 1.29 is 4.39 Å². The topological polar surface area (TPSA) is 26.0 Å². The van der Waals surface area contributed by atoms with E-state index in [4.69, 9.17) is 5.73 Å². The Bertz CT molecular complexity index is 407. The minimum absolute atomic E-state index is 0.164. The summed E-state index contributed by atoms with van der Waals surface area (Å²) >= 11 is 3.24. The van der Waals surface area contributed by atoms with Gasteiger partial charge in [0, 0.05) is 6.04 Å². The molecule has 0 aliphatic heterocycles. The molecule has 3 heteroatoms. The zero-order chi connectivity index (χ0) is 11.9. The van der Waals surface area contributed by atoms with Gasteiger partial charge in [-0.15, -0.1) is 0 Å². The first-order valence-electron chi connectivity index (χ1n) is 5.69. The van der Waals surface area contributed by atoms with E-state index in [2.05, 4.69) is 29.8 Å². The lowest BCUT2D eigenvalue weighted by Gasteiger charge is -2.53. The Morgan fingerprint density at radius 3 is 2.75 bits per heavy atom. The summed E-state index contributed by atoms with van der Waals surface area (Å²) in [7, 11) is 0. The maximum atomic E-state index is 13.2. The summed E-state index contributed by atoms with van der Waals surface area (Å²) in [5.74, 6) is 0.259. The first-order valence-corrected chi connectivity index (χ1v) is 6.49. The minimum atomic E-state index is -0.203. The number of hydrogen-bond acceptors (Lipinski definition) is 1. The van der Waals surface area contributed by atoms with Gasteiger partial charge in [0.25, 0.3) is 0 Å². The molecule has 0 radical (unpaired) electrons. The highest BCUT2D eigenvalue weighted by atomic mass is 79.9. The molecule has 1 aromatic rings. The molecule has 0 heterocycles. The Labute approximate surface area is 104 Å². The third-order valence-corrected chi connectivity index (χ3v) is 4.85. The molecule has 1 saturated carbocycles. The zero-order valence-corrected chi connectivity index (χ0v) is 11.2. The number of rotatable bonds is 2. The molecule has 0 bridgehead atoms. The number of benzene rings is 1. The third-order valence-electron chi connectivity index (χ3n) is 4.24. The van der Waals surface area contributed by atoms with Gasteiger partial charge in [0.2, 0.25) is 0 Å². The summed E-state index contributed by atoms with van der Waals surface area (Å²) in [5, 5.41) is 0. The van der Waals surface area contributed by atoms with E-state index in [-0.39, 0.29) is 17.3 Å². The molecular formula is C13H17BrFN. The number of halogens is 2. The SMILES string of the molecule is CCC1(C)C(N)CC1c1ccc(F)c(Br)c1. The van der Waals surface area contributed by atoms with Gasteiger partial charge in [-0.05, 0) is 57.8 Å². The molecule has 0 spiro atoms. The summed E-state index contributed by atoms with van der Waals surface area (Å²) in [4.78, 5) is 0. The van der Waals surface area contributed by atoms with Crippen molar-refractivity contribution >= 4 is 15.9 Å². The summed E-state index contributed by atoms with van der Waals surface area (Å²) in [6.45, 7) is 4.40. The molecule has 1 aliphatic rings. The molecule has 1 aromatic carbocycles. The van der Waals surface area contributed by atoms with Crippen molar-refractivity contribution in [2.45, 2.75) is 38.6 Å². The largest absolute Gasteiger partial charge is 0.327 e. The molecule has 1 fully saturated rings. The molecule has 0 amide bonds. The minimum Gasteiger partial charge on any atom is -0.327 e. The van der Waals surface area contributed by atoms with E-state index in [0.29, 0.717) is 10.4 Å². The molecular weight excluding hydrogens is 269 g/mol. The predicted octanol–water partition coefficient (Wildman–Crippen LogP) is 3.82. The fourth-order valence-electron chi connectivity index (χ4n) is 2.64. The van der Waals surface area contributed by atoms with Crippen LogP contribution in [0, 0.1) is 11.2 Å². The Balaban J connectivity index is 2.29. The first kappa shape index (κ1) is 12.1. The Kier molecular flexibility index (Phi) is 3.10. The molecule has 0 saturated heterocycles. The molecule has 2 N–H and O–H groups in total. The standard InChI is InChI=1S/C13H17BrFN/c1-3-13(2)9(7-12(13)16)8-4-5-11(15)10(14)6-8/h4-6,9,12H,3,7,16H2,1-2H3. The summed E-state index contributed by atoms with van der Waals surface area (Å²) in [5.41, 5.74) is 7.44. The van der Waals surface area contributed by atoms with Gasteiger partial charge in [-0.2, -0.15) is 0 Å². The molecule has 88 valence electrons. The van der Waals surface area contributed by atoms with Gasteiger partial charge in [0.05, 0.1) is 4.47 Å². The van der Waals surface area contributed by atoms with Crippen molar-refractivity contribution in [3.05, 3.63) is 34.1 Å². The van der Waals surface area contributed by atoms with Crippen LogP contribution in [0.2, 0.25) is 0 Å². The van der Waals surface area contributed by atoms with Crippen LogP contribution in [0.5, 0.6) is 0 Å². The molecule has 2 rings (SSSR count). The van der Waals surface area contributed by atoms with Gasteiger partial charge >= 0.3 is 0 Å². The monoisotopic (exact) mass is 285 g/mol. The predicted molar refractivity (Wildman–Crippen MR) is 67.8 cm³/mol. The lowest BCUT2D eigenvalue weighted by Crippen LogP contribution is -2.54. The van der Waals surface area contributed by atoms with Crippen LogP contribution < -0.4 is 5.73 Å². The number of hydrogen-bond donors (Lipinski definition) is 1. The Morgan fingerprint density at radius 2 is 2.25 bits per heavy atom. The molecule has 1 nitrogen and oxygen atoms in total. The maximum Gasteiger partial charge on any atom is 0.137 e. The van der Waals surface area contributed by atoms with Crippen molar-refractivity contribution in [2.75, 3.05) is 0 Å². The van der Waals surface area contributed by atoms with Crippen LogP contribution in [0.1, 0.15) is 38.2 Å². The molecule has 1 aliphatic carbocycles. The normalized spacial score (nSPS) is 33.6. The lowest BCUT2D eigenvalue weighted by atomic mass is 9.54. The van der Waals surface area contributed by atoms with Gasteiger partial charge in [0.1, 0.15) is 5.82 Å². The van der Waals surface area contributed by atoms with Crippen LogP contribution in [0.25, 0.3) is 0 Å². The third kappa shape index (κ3) is 1.70. The van der Waals surface area contributed by atoms with E-state index in [1.54, 1.807) is 0 Å². The molecule has 3 unspecified atom stereocenters. The second-order valence-corrected chi connectivity index (χ2v) is 5.78. The lowest BCUT2D eigenvalue weighted by molar-refractivity contribution is 0.0705. The van der Waals surface area contributed by atoms with Crippen LogP contribution in [0.4, 0.5) is 4.39 Å². The van der Waals surface area contributed by atoms with Crippen molar-refractivity contribution in [2.24, 2.45) is 11.1 Å². The molecule has 16 heavy (non-hydrogen) atoms. The highest BCUT2D eigenvalue weighted by Gasteiger charge is 2.48. The van der Waals surface area contributed by atoms with Crippen LogP contribution in [-0.2, 0) is 0 Å². The quantitative estimate of drug-likeness (QED) is 0.878. The number of nitrogens with two attached hydrogens (primary N) is 1. The zero-order valence-electron chi connectivity index (χ0n) is 9.63. The average molecular weight is 286 g/mol. The van der Waals surface area contributed by atoms with Crippen LogP contribution in [0.15, 0.2) is 22.7 Å². The van der Waals surface area contributed by atoms with Gasteiger partial charge in [-0.1, -0.05) is 19.9 Å². The summed E-state index contributed by atoms with van der Waals surface area (Å²) in [6, 6.07) is 5.57. The van der Waals surface area contributed by atoms with Crippen LogP contribution >= 0.6 is 15.9 Å². The van der Waals surface area contributed by atoms with E-state index in [9.17, 15) is 4.39 Å². The second-order valence-electron chi connectivity index (χ2n) is 4.93. The van der Waals surface area contributed by atoms with Crippen molar-refractivity contribution in [3.8, 4) is 0 Å². The van der Waals surface area contributed by atoms with Crippen molar-refractivity contribution in [1.29, 1.82) is 0 Å². The van der Waals surface area contributed by atoms with Gasteiger partial charge < -0.3 is 5.73 Å². The summed E-state index contributed by atoms with van der Waals surface area (Å²) < 4.78 is 13.7. The van der Waals surface area contributed by atoms with Crippen LogP contribution in [-0.4, -0.2) is 6.04 Å². The van der Waals surface area contributed by atoms with E-state index < -0.39 is 0 Å². The Hall–Kier alpha value is -0.410.